The second-order valence-corrected chi connectivity index (χ2v) is 5.46. The van der Waals surface area contributed by atoms with Crippen molar-refractivity contribution in [1.82, 2.24) is 15.3 Å². The number of aliphatic hydroxyl groups excluding tert-OH is 1. The molecule has 0 amide bonds. The van der Waals surface area contributed by atoms with Crippen LogP contribution in [-0.4, -0.2) is 40.3 Å². The average molecular weight is 252 g/mol. The summed E-state index contributed by atoms with van der Waals surface area (Å²) in [5, 5.41) is 12.6. The molecule has 0 radical (unpaired) electrons. The van der Waals surface area contributed by atoms with Gasteiger partial charge < -0.3 is 15.3 Å². The molecule has 102 valence electrons. The van der Waals surface area contributed by atoms with E-state index in [0.29, 0.717) is 12.0 Å². The molecule has 0 aliphatic carbocycles. The van der Waals surface area contributed by atoms with Gasteiger partial charge in [0.25, 0.3) is 0 Å². The summed E-state index contributed by atoms with van der Waals surface area (Å²) in [4.78, 5) is 10.6. The Morgan fingerprint density at radius 1 is 1.33 bits per heavy atom. The Balaban J connectivity index is 2.70. The van der Waals surface area contributed by atoms with Crippen molar-refractivity contribution in [2.75, 3.05) is 18.6 Å². The molecule has 0 saturated heterocycles. The Morgan fingerprint density at radius 3 is 2.33 bits per heavy atom. The van der Waals surface area contributed by atoms with Crippen LogP contribution in [0.1, 0.15) is 33.3 Å². The molecular formula is C13H24N4O. The molecule has 0 saturated carbocycles. The van der Waals surface area contributed by atoms with E-state index in [1.807, 2.05) is 38.2 Å². The Kier molecular flexibility index (Phi) is 5.04. The van der Waals surface area contributed by atoms with Gasteiger partial charge in [0.1, 0.15) is 0 Å². The highest BCUT2D eigenvalue weighted by Gasteiger charge is 2.24. The summed E-state index contributed by atoms with van der Waals surface area (Å²) in [5.74, 6) is 0.627. The van der Waals surface area contributed by atoms with Crippen molar-refractivity contribution < 1.29 is 5.11 Å². The molecule has 1 aromatic rings. The fourth-order valence-corrected chi connectivity index (χ4v) is 1.31. The van der Waals surface area contributed by atoms with Crippen LogP contribution in [0.5, 0.6) is 0 Å². The molecule has 0 aliphatic rings. The number of aromatic nitrogens is 2. The van der Waals surface area contributed by atoms with Crippen molar-refractivity contribution in [2.24, 2.45) is 0 Å². The zero-order valence-corrected chi connectivity index (χ0v) is 11.9. The topological polar surface area (TPSA) is 61.3 Å². The van der Waals surface area contributed by atoms with Crippen LogP contribution in [0.4, 0.5) is 5.95 Å². The Hall–Kier alpha value is -1.20. The summed E-state index contributed by atoms with van der Waals surface area (Å²) in [6.45, 7) is 8.93. The lowest BCUT2D eigenvalue weighted by Crippen LogP contribution is -2.45. The van der Waals surface area contributed by atoms with Crippen molar-refractivity contribution in [2.45, 2.75) is 45.8 Å². The number of nitrogens with one attached hydrogen (secondary N) is 1. The third kappa shape index (κ3) is 3.92. The number of anilines is 1. The first-order valence-electron chi connectivity index (χ1n) is 6.26. The lowest BCUT2D eigenvalue weighted by molar-refractivity contribution is 0.215. The van der Waals surface area contributed by atoms with Gasteiger partial charge in [-0.25, -0.2) is 9.97 Å². The molecule has 0 atom stereocenters. The summed E-state index contributed by atoms with van der Waals surface area (Å²) in [6.07, 6.45) is 3.64. The molecule has 0 bridgehead atoms. The van der Waals surface area contributed by atoms with Gasteiger partial charge in [-0.2, -0.15) is 0 Å². The smallest absolute Gasteiger partial charge is 0.225 e. The minimum atomic E-state index is -0.363. The molecule has 0 aliphatic heterocycles. The zero-order chi connectivity index (χ0) is 13.8. The first kappa shape index (κ1) is 14.9. The molecule has 2 N–H and O–H groups in total. The molecule has 0 fully saturated rings. The molecule has 18 heavy (non-hydrogen) atoms. The molecule has 1 heterocycles. The molecular weight excluding hydrogens is 228 g/mol. The molecule has 0 unspecified atom stereocenters. The maximum atomic E-state index is 9.32. The van der Waals surface area contributed by atoms with Gasteiger partial charge in [0.15, 0.2) is 0 Å². The van der Waals surface area contributed by atoms with Crippen LogP contribution in [-0.2, 0) is 6.54 Å². The summed E-state index contributed by atoms with van der Waals surface area (Å²) in [7, 11) is 1.89. The summed E-state index contributed by atoms with van der Waals surface area (Å²) in [5.41, 5.74) is 0.695. The minimum absolute atomic E-state index is 0.0590. The van der Waals surface area contributed by atoms with Gasteiger partial charge in [0.2, 0.25) is 5.95 Å². The Bertz CT molecular complexity index is 362. The maximum absolute atomic E-state index is 9.32. The number of nitrogens with zero attached hydrogens (tertiary/aromatic N) is 3. The van der Waals surface area contributed by atoms with Crippen LogP contribution in [0, 0.1) is 0 Å². The van der Waals surface area contributed by atoms with Gasteiger partial charge in [-0.05, 0) is 13.8 Å². The number of hydrogen-bond acceptors (Lipinski definition) is 5. The van der Waals surface area contributed by atoms with Crippen molar-refractivity contribution in [3.05, 3.63) is 18.0 Å². The highest BCUT2D eigenvalue weighted by atomic mass is 16.3. The van der Waals surface area contributed by atoms with Crippen LogP contribution < -0.4 is 10.2 Å². The van der Waals surface area contributed by atoms with E-state index in [1.54, 1.807) is 0 Å². The molecule has 5 nitrogen and oxygen atoms in total. The number of rotatable bonds is 6. The second-order valence-electron chi connectivity index (χ2n) is 5.46. The van der Waals surface area contributed by atoms with Gasteiger partial charge in [-0.1, -0.05) is 13.8 Å². The molecule has 0 spiro atoms. The normalized spacial score (nSPS) is 11.9. The van der Waals surface area contributed by atoms with E-state index in [0.717, 1.165) is 12.1 Å². The number of likely N-dealkylation sites (N-methyl/N-ethyl adjacent to an activating group) is 1. The number of aliphatic hydroxyl groups is 1. The average Bonchev–Trinajstić information content (AvgIpc) is 2.36. The van der Waals surface area contributed by atoms with Crippen LogP contribution in [0.15, 0.2) is 12.4 Å². The summed E-state index contributed by atoms with van der Waals surface area (Å²) in [6, 6.07) is 0.445. The summed E-state index contributed by atoms with van der Waals surface area (Å²) < 4.78 is 0. The first-order chi connectivity index (χ1) is 8.36. The van der Waals surface area contributed by atoms with Crippen LogP contribution >= 0.6 is 0 Å². The predicted octanol–water partition coefficient (Wildman–Crippen LogP) is 1.18. The van der Waals surface area contributed by atoms with E-state index in [-0.39, 0.29) is 12.1 Å². The van der Waals surface area contributed by atoms with Gasteiger partial charge in [-0.3, -0.25) is 0 Å². The van der Waals surface area contributed by atoms with E-state index >= 15 is 0 Å². The number of hydrogen-bond donors (Lipinski definition) is 2. The van der Waals surface area contributed by atoms with Gasteiger partial charge in [0.05, 0.1) is 12.1 Å². The van der Waals surface area contributed by atoms with E-state index < -0.39 is 0 Å². The fraction of sp³-hybridized carbons (Fsp3) is 0.692. The van der Waals surface area contributed by atoms with Crippen LogP contribution in [0.3, 0.4) is 0 Å². The molecule has 1 rings (SSSR count). The standard InChI is InChI=1S/C13H24N4O/c1-10(2)14-6-11-7-15-12(16-8-11)17(5)13(3,4)9-18/h7-8,10,14,18H,6,9H2,1-5H3. The van der Waals surface area contributed by atoms with Gasteiger partial charge in [0, 0.05) is 37.6 Å². The Morgan fingerprint density at radius 2 is 1.89 bits per heavy atom. The highest BCUT2D eigenvalue weighted by molar-refractivity contribution is 5.32. The minimum Gasteiger partial charge on any atom is -0.394 e. The SMILES string of the molecule is CC(C)NCc1cnc(N(C)C(C)(C)CO)nc1. The third-order valence-electron chi connectivity index (χ3n) is 3.00. The molecule has 0 aromatic carbocycles. The molecule has 5 heteroatoms. The van der Waals surface area contributed by atoms with Crippen molar-refractivity contribution in [1.29, 1.82) is 0 Å². The van der Waals surface area contributed by atoms with Gasteiger partial charge >= 0.3 is 0 Å². The monoisotopic (exact) mass is 252 g/mol. The van der Waals surface area contributed by atoms with Crippen molar-refractivity contribution >= 4 is 5.95 Å². The van der Waals surface area contributed by atoms with Crippen molar-refractivity contribution in [3.63, 3.8) is 0 Å². The predicted molar refractivity (Wildman–Crippen MR) is 73.6 cm³/mol. The maximum Gasteiger partial charge on any atom is 0.225 e. The third-order valence-corrected chi connectivity index (χ3v) is 3.00. The second kappa shape index (κ2) is 6.11. The lowest BCUT2D eigenvalue weighted by atomic mass is 10.1. The Labute approximate surface area is 109 Å². The van der Waals surface area contributed by atoms with Crippen molar-refractivity contribution in [3.8, 4) is 0 Å². The first-order valence-corrected chi connectivity index (χ1v) is 6.26. The van der Waals surface area contributed by atoms with E-state index in [1.165, 1.54) is 0 Å². The van der Waals surface area contributed by atoms with E-state index in [9.17, 15) is 5.11 Å². The highest BCUT2D eigenvalue weighted by Crippen LogP contribution is 2.17. The largest absolute Gasteiger partial charge is 0.394 e. The van der Waals surface area contributed by atoms with Gasteiger partial charge in [-0.15, -0.1) is 0 Å². The van der Waals surface area contributed by atoms with E-state index in [2.05, 4.69) is 29.1 Å². The van der Waals surface area contributed by atoms with Crippen LogP contribution in [0.2, 0.25) is 0 Å². The quantitative estimate of drug-likeness (QED) is 0.796. The van der Waals surface area contributed by atoms with Crippen LogP contribution in [0.25, 0.3) is 0 Å². The summed E-state index contributed by atoms with van der Waals surface area (Å²) >= 11 is 0. The zero-order valence-electron chi connectivity index (χ0n) is 11.9. The molecule has 1 aromatic heterocycles. The van der Waals surface area contributed by atoms with E-state index in [4.69, 9.17) is 0 Å². The lowest BCUT2D eigenvalue weighted by Gasteiger charge is -2.33. The fourth-order valence-electron chi connectivity index (χ4n) is 1.31.